The van der Waals surface area contributed by atoms with Gasteiger partial charge in [0.25, 0.3) is 0 Å². The summed E-state index contributed by atoms with van der Waals surface area (Å²) in [7, 11) is 0. The Morgan fingerprint density at radius 1 is 0.574 bits per heavy atom. The highest BCUT2D eigenvalue weighted by Gasteiger charge is 2.54. The number of benzene rings is 1. The molecule has 1 aliphatic rings. The number of unbranched alkanes of at least 4 members (excludes halogenated alkanes) is 10. The number of rotatable bonds is 33. The van der Waals surface area contributed by atoms with Crippen LogP contribution in [0.1, 0.15) is 149 Å². The SMILES string of the molecule is CCCCCCCC(=O)O[C@@H]1[C@H](OC(O)[C@@H](O)[C@@H](O)[C@H](O)[C@H](O)COCc2ccccc2)O[C@H](COC(=O)CCCCC)[C@@H](OC(=O)CCCCC)[C@@H]1OC(=O)CCCCC. The van der Waals surface area contributed by atoms with Crippen molar-refractivity contribution in [3.8, 4) is 0 Å². The molecule has 5 N–H and O–H groups in total. The highest BCUT2D eigenvalue weighted by atomic mass is 16.8. The number of aliphatic hydroxyl groups excluding tert-OH is 5. The monoisotopic (exact) mass is 870 g/mol. The van der Waals surface area contributed by atoms with Crippen LogP contribution in [-0.4, -0.2) is 124 Å². The second-order valence-corrected chi connectivity index (χ2v) is 15.7. The standard InChI is InChI=1S/C45H74O16/c1-5-9-13-14-21-27-37(50)60-43-42(59-36(49)26-18-12-8-4)41(58-35(48)25-17-11-7-3)33(30-56-34(47)24-16-10-6-2)57-45(43)61-44(54)40(53)39(52)38(51)32(46)29-55-28-31-22-19-15-20-23-31/h15,19-20,22-23,32-33,38-46,51-54H,5-14,16-18,21,24-30H2,1-4H3/t32-,33-,38-,39+,40+,41-,42+,43+,44?,45+/m1/s1. The third-order valence-corrected chi connectivity index (χ3v) is 10.3. The first-order chi connectivity index (χ1) is 29.4. The Morgan fingerprint density at radius 3 is 1.61 bits per heavy atom. The van der Waals surface area contributed by atoms with Crippen LogP contribution in [0.5, 0.6) is 0 Å². The maximum absolute atomic E-state index is 13.5. The third kappa shape index (κ3) is 21.1. The molecule has 0 aliphatic carbocycles. The van der Waals surface area contributed by atoms with Gasteiger partial charge in [0.2, 0.25) is 6.29 Å². The Labute approximate surface area is 361 Å². The topological polar surface area (TPSA) is 234 Å². The van der Waals surface area contributed by atoms with Gasteiger partial charge in [-0.1, -0.05) is 122 Å². The number of esters is 4. The number of aliphatic hydroxyl groups is 5. The molecule has 1 aromatic rings. The van der Waals surface area contributed by atoms with E-state index < -0.39 is 98.5 Å². The molecule has 0 amide bonds. The predicted molar refractivity (Wildman–Crippen MR) is 222 cm³/mol. The molecule has 0 bridgehead atoms. The fraction of sp³-hybridized carbons (Fsp3) is 0.778. The van der Waals surface area contributed by atoms with Crippen LogP contribution < -0.4 is 0 Å². The van der Waals surface area contributed by atoms with Crippen molar-refractivity contribution in [3.05, 3.63) is 35.9 Å². The molecule has 1 heterocycles. The molecular weight excluding hydrogens is 796 g/mol. The maximum Gasteiger partial charge on any atom is 0.306 e. The largest absolute Gasteiger partial charge is 0.463 e. The van der Waals surface area contributed by atoms with E-state index in [1.165, 1.54) is 0 Å². The number of ether oxygens (including phenoxy) is 7. The number of hydrogen-bond acceptors (Lipinski definition) is 16. The lowest BCUT2D eigenvalue weighted by Gasteiger charge is -2.45. The molecule has 1 unspecified atom stereocenters. The molecule has 16 heteroatoms. The molecule has 16 nitrogen and oxygen atoms in total. The summed E-state index contributed by atoms with van der Waals surface area (Å²) in [6.45, 7) is 7.08. The van der Waals surface area contributed by atoms with Crippen molar-refractivity contribution in [3.63, 3.8) is 0 Å². The van der Waals surface area contributed by atoms with E-state index in [1.54, 1.807) is 24.3 Å². The van der Waals surface area contributed by atoms with E-state index in [1.807, 2.05) is 26.8 Å². The summed E-state index contributed by atoms with van der Waals surface area (Å²) in [5.41, 5.74) is 0.788. The van der Waals surface area contributed by atoms with Gasteiger partial charge in [0.05, 0.1) is 13.2 Å². The second kappa shape index (κ2) is 31.6. The molecule has 1 fully saturated rings. The van der Waals surface area contributed by atoms with Crippen LogP contribution in [0.25, 0.3) is 0 Å². The molecule has 350 valence electrons. The molecule has 1 saturated heterocycles. The quantitative estimate of drug-likeness (QED) is 0.0268. The second-order valence-electron chi connectivity index (χ2n) is 15.7. The van der Waals surface area contributed by atoms with Gasteiger partial charge in [-0.3, -0.25) is 19.2 Å². The van der Waals surface area contributed by atoms with Crippen LogP contribution in [0, 0.1) is 0 Å². The molecule has 0 aromatic heterocycles. The molecule has 1 aromatic carbocycles. The fourth-order valence-corrected chi connectivity index (χ4v) is 6.62. The van der Waals surface area contributed by atoms with E-state index in [0.717, 1.165) is 63.4 Å². The minimum atomic E-state index is -2.38. The van der Waals surface area contributed by atoms with Crippen molar-refractivity contribution in [2.75, 3.05) is 13.2 Å². The van der Waals surface area contributed by atoms with Crippen LogP contribution >= 0.6 is 0 Å². The van der Waals surface area contributed by atoms with E-state index >= 15 is 0 Å². The zero-order chi connectivity index (χ0) is 45.0. The minimum Gasteiger partial charge on any atom is -0.463 e. The molecule has 61 heavy (non-hydrogen) atoms. The maximum atomic E-state index is 13.5. The number of carbonyl (C=O) groups is 4. The van der Waals surface area contributed by atoms with Gasteiger partial charge in [0.15, 0.2) is 24.6 Å². The Kier molecular flexibility index (Phi) is 27.9. The number of carbonyl (C=O) groups excluding carboxylic acids is 4. The first-order valence-corrected chi connectivity index (χ1v) is 22.4. The molecule has 0 saturated carbocycles. The predicted octanol–water partition coefficient (Wildman–Crippen LogP) is 5.09. The lowest BCUT2D eigenvalue weighted by molar-refractivity contribution is -0.349. The van der Waals surface area contributed by atoms with E-state index in [-0.39, 0.29) is 32.3 Å². The van der Waals surface area contributed by atoms with E-state index in [4.69, 9.17) is 33.2 Å². The van der Waals surface area contributed by atoms with E-state index in [2.05, 4.69) is 6.92 Å². The molecule has 0 spiro atoms. The molecule has 1 aliphatic heterocycles. The van der Waals surface area contributed by atoms with E-state index in [9.17, 15) is 44.7 Å². The molecule has 2 rings (SSSR count). The fourth-order valence-electron chi connectivity index (χ4n) is 6.62. The number of hydrogen-bond donors (Lipinski definition) is 5. The molecule has 10 atom stereocenters. The summed E-state index contributed by atoms with van der Waals surface area (Å²) in [5, 5.41) is 54.4. The van der Waals surface area contributed by atoms with Crippen LogP contribution in [-0.2, 0) is 58.9 Å². The molecule has 0 radical (unpaired) electrons. The average molecular weight is 871 g/mol. The lowest BCUT2D eigenvalue weighted by atomic mass is 9.97. The van der Waals surface area contributed by atoms with Crippen molar-refractivity contribution >= 4 is 23.9 Å². The summed E-state index contributed by atoms with van der Waals surface area (Å²) in [5.74, 6) is -2.72. The van der Waals surface area contributed by atoms with Crippen molar-refractivity contribution in [2.45, 2.75) is 211 Å². The Hall–Kier alpha value is -3.22. The van der Waals surface area contributed by atoms with Gasteiger partial charge in [-0.15, -0.1) is 0 Å². The van der Waals surface area contributed by atoms with Crippen molar-refractivity contribution in [1.29, 1.82) is 0 Å². The Morgan fingerprint density at radius 2 is 1.05 bits per heavy atom. The summed E-state index contributed by atoms with van der Waals surface area (Å²) >= 11 is 0. The molecular formula is C45H74O16. The summed E-state index contributed by atoms with van der Waals surface area (Å²) < 4.78 is 40.6. The van der Waals surface area contributed by atoms with Gasteiger partial charge in [0.1, 0.15) is 37.1 Å². The summed E-state index contributed by atoms with van der Waals surface area (Å²) in [4.78, 5) is 53.0. The lowest BCUT2D eigenvalue weighted by Crippen LogP contribution is -2.64. The van der Waals surface area contributed by atoms with Crippen LogP contribution in [0.4, 0.5) is 0 Å². The van der Waals surface area contributed by atoms with Gasteiger partial charge < -0.3 is 58.7 Å². The Balaban J connectivity index is 2.47. The summed E-state index contributed by atoms with van der Waals surface area (Å²) in [6.07, 6.45) is -8.44. The van der Waals surface area contributed by atoms with Gasteiger partial charge in [0, 0.05) is 25.7 Å². The average Bonchev–Trinajstić information content (AvgIpc) is 3.24. The highest BCUT2D eigenvalue weighted by Crippen LogP contribution is 2.32. The summed E-state index contributed by atoms with van der Waals surface area (Å²) in [6, 6.07) is 9.00. The van der Waals surface area contributed by atoms with Crippen LogP contribution in [0.15, 0.2) is 30.3 Å². The Bertz CT molecular complexity index is 1350. The van der Waals surface area contributed by atoms with Crippen LogP contribution in [0.3, 0.4) is 0 Å². The van der Waals surface area contributed by atoms with E-state index in [0.29, 0.717) is 32.1 Å². The minimum absolute atomic E-state index is 0.00143. The van der Waals surface area contributed by atoms with Gasteiger partial charge in [-0.25, -0.2) is 0 Å². The van der Waals surface area contributed by atoms with Gasteiger partial charge in [-0.05, 0) is 31.2 Å². The van der Waals surface area contributed by atoms with Crippen molar-refractivity contribution in [2.24, 2.45) is 0 Å². The zero-order valence-corrected chi connectivity index (χ0v) is 36.7. The first-order valence-electron chi connectivity index (χ1n) is 22.4. The first kappa shape index (κ1) is 53.9. The smallest absolute Gasteiger partial charge is 0.306 e. The van der Waals surface area contributed by atoms with Gasteiger partial charge >= 0.3 is 23.9 Å². The highest BCUT2D eigenvalue weighted by molar-refractivity contribution is 5.72. The van der Waals surface area contributed by atoms with Crippen molar-refractivity contribution in [1.82, 2.24) is 0 Å². The normalized spacial score (nSPS) is 21.4. The third-order valence-electron chi connectivity index (χ3n) is 10.3. The zero-order valence-electron chi connectivity index (χ0n) is 36.7. The van der Waals surface area contributed by atoms with Crippen molar-refractivity contribution < 1.29 is 77.9 Å². The van der Waals surface area contributed by atoms with Gasteiger partial charge in [-0.2, -0.15) is 0 Å². The van der Waals surface area contributed by atoms with Crippen LogP contribution in [0.2, 0.25) is 0 Å².